The summed E-state index contributed by atoms with van der Waals surface area (Å²) in [6.07, 6.45) is 0. The molecule has 0 aliphatic heterocycles. The van der Waals surface area contributed by atoms with Crippen LogP contribution in [0.5, 0.6) is 0 Å². The fourth-order valence-electron chi connectivity index (χ4n) is 0.935. The highest BCUT2D eigenvalue weighted by Crippen LogP contribution is 2.31. The van der Waals surface area contributed by atoms with E-state index >= 15 is 0 Å². The normalized spacial score (nSPS) is 9.31. The van der Waals surface area contributed by atoms with E-state index in [2.05, 4.69) is 9.47 Å². The molecule has 0 fully saturated rings. The molecule has 0 spiro atoms. The average molecular weight is 257 g/mol. The Kier molecular flexibility index (Phi) is 4.34. The molecule has 0 bridgehead atoms. The van der Waals surface area contributed by atoms with Gasteiger partial charge < -0.3 is 9.47 Å². The predicted molar refractivity (Wildman–Crippen MR) is 58.5 cm³/mol. The molecule has 0 aliphatic carbocycles. The van der Waals surface area contributed by atoms with Crippen molar-refractivity contribution >= 4 is 35.0 Å². The van der Waals surface area contributed by atoms with Crippen LogP contribution < -0.4 is 0 Å². The Labute approximate surface area is 100.0 Å². The van der Waals surface area contributed by atoms with Crippen LogP contribution in [-0.4, -0.2) is 26.2 Å². The molecule has 0 unspecified atom stereocenters. The van der Waals surface area contributed by atoms with Crippen LogP contribution in [0.15, 0.2) is 11.0 Å². The van der Waals surface area contributed by atoms with Crippen molar-refractivity contribution in [2.24, 2.45) is 0 Å². The van der Waals surface area contributed by atoms with Crippen molar-refractivity contribution in [2.45, 2.75) is 4.90 Å². The molecule has 5 nitrogen and oxygen atoms in total. The van der Waals surface area contributed by atoms with E-state index in [-0.39, 0.29) is 9.75 Å². The van der Waals surface area contributed by atoms with Gasteiger partial charge in [0.25, 0.3) is 0 Å². The van der Waals surface area contributed by atoms with Crippen LogP contribution in [0.2, 0.25) is 0 Å². The number of carbonyl (C=O) groups excluding carboxylic acids is 2. The van der Waals surface area contributed by atoms with Crippen LogP contribution in [-0.2, 0) is 9.47 Å². The first-order valence-corrected chi connectivity index (χ1v) is 5.63. The van der Waals surface area contributed by atoms with Crippen LogP contribution >= 0.6 is 23.1 Å². The molecule has 0 saturated heterocycles. The Morgan fingerprint density at radius 2 is 2.00 bits per heavy atom. The lowest BCUT2D eigenvalue weighted by atomic mass is 10.4. The third-order valence-corrected chi connectivity index (χ3v) is 3.47. The van der Waals surface area contributed by atoms with Crippen molar-refractivity contribution in [1.29, 1.82) is 5.26 Å². The third kappa shape index (κ3) is 2.53. The molecule has 0 amide bonds. The molecule has 7 heteroatoms. The van der Waals surface area contributed by atoms with Crippen molar-refractivity contribution in [3.63, 3.8) is 0 Å². The molecule has 1 aromatic heterocycles. The largest absolute Gasteiger partial charge is 0.465 e. The molecular weight excluding hydrogens is 250 g/mol. The first kappa shape index (κ1) is 12.5. The summed E-state index contributed by atoms with van der Waals surface area (Å²) in [5.41, 5.74) is 0. The maximum absolute atomic E-state index is 11.3. The Balaban J connectivity index is 3.15. The number of thiocyanates is 1. The fraction of sp³-hybridized carbons (Fsp3) is 0.222. The third-order valence-electron chi connectivity index (χ3n) is 1.61. The summed E-state index contributed by atoms with van der Waals surface area (Å²) in [5.74, 6) is -1.11. The van der Waals surface area contributed by atoms with Gasteiger partial charge >= 0.3 is 11.9 Å². The van der Waals surface area contributed by atoms with Crippen LogP contribution in [0, 0.1) is 10.7 Å². The van der Waals surface area contributed by atoms with Crippen molar-refractivity contribution in [3.05, 3.63) is 15.8 Å². The van der Waals surface area contributed by atoms with Gasteiger partial charge in [0.05, 0.1) is 14.2 Å². The molecular formula is C9H7NO4S2. The van der Waals surface area contributed by atoms with Crippen molar-refractivity contribution in [1.82, 2.24) is 0 Å². The van der Waals surface area contributed by atoms with Gasteiger partial charge in [-0.05, 0) is 17.8 Å². The Hall–Kier alpha value is -1.52. The second-order valence-electron chi connectivity index (χ2n) is 2.48. The van der Waals surface area contributed by atoms with Crippen LogP contribution in [0.3, 0.4) is 0 Å². The molecule has 1 rings (SSSR count). The van der Waals surface area contributed by atoms with Gasteiger partial charge in [-0.15, -0.1) is 11.3 Å². The Morgan fingerprint density at radius 1 is 1.38 bits per heavy atom. The zero-order chi connectivity index (χ0) is 12.1. The second-order valence-corrected chi connectivity index (χ2v) is 4.36. The predicted octanol–water partition coefficient (Wildman–Crippen LogP) is 1.89. The SMILES string of the molecule is COC(=O)c1cc(SC#N)c(C(=O)OC)s1. The van der Waals surface area contributed by atoms with E-state index in [1.54, 1.807) is 0 Å². The number of thioether (sulfide) groups is 1. The van der Waals surface area contributed by atoms with E-state index in [1.165, 1.54) is 20.3 Å². The lowest BCUT2D eigenvalue weighted by Crippen LogP contribution is -1.99. The maximum Gasteiger partial charge on any atom is 0.349 e. The first-order valence-electron chi connectivity index (χ1n) is 4.00. The number of esters is 2. The molecule has 16 heavy (non-hydrogen) atoms. The fourth-order valence-corrected chi connectivity index (χ4v) is 2.60. The Morgan fingerprint density at radius 3 is 2.50 bits per heavy atom. The monoisotopic (exact) mass is 257 g/mol. The van der Waals surface area contributed by atoms with E-state index in [0.29, 0.717) is 4.90 Å². The summed E-state index contributed by atoms with van der Waals surface area (Å²) in [6.45, 7) is 0. The number of ether oxygens (including phenoxy) is 2. The van der Waals surface area contributed by atoms with Gasteiger partial charge in [-0.25, -0.2) is 9.59 Å². The van der Waals surface area contributed by atoms with E-state index in [0.717, 1.165) is 23.1 Å². The lowest BCUT2D eigenvalue weighted by molar-refractivity contribution is 0.0596. The van der Waals surface area contributed by atoms with Crippen LogP contribution in [0.1, 0.15) is 19.3 Å². The second kappa shape index (κ2) is 5.53. The van der Waals surface area contributed by atoms with Crippen LogP contribution in [0.25, 0.3) is 0 Å². The minimum absolute atomic E-state index is 0.231. The molecule has 0 saturated carbocycles. The van der Waals surface area contributed by atoms with Crippen molar-refractivity contribution in [2.75, 3.05) is 14.2 Å². The summed E-state index contributed by atoms with van der Waals surface area (Å²) in [7, 11) is 2.48. The molecule has 0 aromatic carbocycles. The maximum atomic E-state index is 11.3. The van der Waals surface area contributed by atoms with Gasteiger partial charge in [-0.2, -0.15) is 5.26 Å². The van der Waals surface area contributed by atoms with E-state index < -0.39 is 11.9 Å². The topological polar surface area (TPSA) is 76.4 Å². The summed E-state index contributed by atoms with van der Waals surface area (Å²) in [6, 6.07) is 1.44. The summed E-state index contributed by atoms with van der Waals surface area (Å²) in [5, 5.41) is 10.4. The average Bonchev–Trinajstić information content (AvgIpc) is 2.71. The van der Waals surface area contributed by atoms with Gasteiger partial charge in [0.15, 0.2) is 0 Å². The minimum atomic E-state index is -0.571. The highest BCUT2D eigenvalue weighted by atomic mass is 32.2. The number of thiophene rings is 1. The quantitative estimate of drug-likeness (QED) is 0.467. The zero-order valence-electron chi connectivity index (χ0n) is 8.47. The molecule has 1 heterocycles. The first-order chi connectivity index (χ1) is 7.63. The molecule has 84 valence electrons. The van der Waals surface area contributed by atoms with Gasteiger partial charge in [0.1, 0.15) is 15.2 Å². The van der Waals surface area contributed by atoms with E-state index in [9.17, 15) is 9.59 Å². The summed E-state index contributed by atoms with van der Waals surface area (Å²) >= 11 is 1.75. The highest BCUT2D eigenvalue weighted by molar-refractivity contribution is 8.04. The summed E-state index contributed by atoms with van der Waals surface area (Å²) in [4.78, 5) is 23.5. The van der Waals surface area contributed by atoms with Gasteiger partial charge in [0, 0.05) is 4.90 Å². The molecule has 0 radical (unpaired) electrons. The standard InChI is InChI=1S/C9H7NO4S2/c1-13-8(11)6-3-5(15-4-10)7(16-6)9(12)14-2/h3H,1-2H3. The summed E-state index contributed by atoms with van der Waals surface area (Å²) < 4.78 is 9.07. The number of methoxy groups -OCH3 is 2. The lowest BCUT2D eigenvalue weighted by Gasteiger charge is -1.95. The van der Waals surface area contributed by atoms with Gasteiger partial charge in [-0.3, -0.25) is 0 Å². The highest BCUT2D eigenvalue weighted by Gasteiger charge is 2.20. The number of nitriles is 1. The molecule has 0 N–H and O–H groups in total. The Bertz CT molecular complexity index is 461. The smallest absolute Gasteiger partial charge is 0.349 e. The number of rotatable bonds is 3. The van der Waals surface area contributed by atoms with E-state index in [1.807, 2.05) is 5.40 Å². The molecule has 0 atom stereocenters. The van der Waals surface area contributed by atoms with Crippen molar-refractivity contribution < 1.29 is 19.1 Å². The minimum Gasteiger partial charge on any atom is -0.465 e. The number of carbonyl (C=O) groups is 2. The van der Waals surface area contributed by atoms with Crippen LogP contribution in [0.4, 0.5) is 0 Å². The number of hydrogen-bond acceptors (Lipinski definition) is 7. The van der Waals surface area contributed by atoms with Crippen molar-refractivity contribution in [3.8, 4) is 5.40 Å². The molecule has 1 aromatic rings. The van der Waals surface area contributed by atoms with E-state index in [4.69, 9.17) is 5.26 Å². The van der Waals surface area contributed by atoms with Gasteiger partial charge in [0.2, 0.25) is 0 Å². The number of nitrogens with zero attached hydrogens (tertiary/aromatic N) is 1. The van der Waals surface area contributed by atoms with Gasteiger partial charge in [-0.1, -0.05) is 0 Å². The zero-order valence-corrected chi connectivity index (χ0v) is 10.1. The molecule has 0 aliphatic rings. The number of hydrogen-bond donors (Lipinski definition) is 0.